The molecule has 4 aromatic rings. The van der Waals surface area contributed by atoms with Crippen LogP contribution in [-0.2, 0) is 0 Å². The van der Waals surface area contributed by atoms with Crippen LogP contribution in [0.4, 0.5) is 5.69 Å². The van der Waals surface area contributed by atoms with E-state index in [0.717, 1.165) is 26.8 Å². The summed E-state index contributed by atoms with van der Waals surface area (Å²) in [5.41, 5.74) is 3.21. The SMILES string of the molecule is O=C(Nc1ccc(Sc2nc3ccccc3[nH]2)cc1)c1cccc(Cl)c1. The molecule has 0 saturated carbocycles. The lowest BCUT2D eigenvalue weighted by molar-refractivity contribution is 0.102. The Hall–Kier alpha value is -2.76. The van der Waals surface area contributed by atoms with Gasteiger partial charge in [0.05, 0.1) is 11.0 Å². The molecule has 2 N–H and O–H groups in total. The number of anilines is 1. The van der Waals surface area contributed by atoms with Crippen molar-refractivity contribution in [2.45, 2.75) is 10.1 Å². The Labute approximate surface area is 159 Å². The highest BCUT2D eigenvalue weighted by Crippen LogP contribution is 2.28. The van der Waals surface area contributed by atoms with Gasteiger partial charge in [-0.2, -0.15) is 0 Å². The number of hydrogen-bond acceptors (Lipinski definition) is 3. The molecule has 4 rings (SSSR count). The summed E-state index contributed by atoms with van der Waals surface area (Å²) >= 11 is 7.47. The number of benzene rings is 3. The van der Waals surface area contributed by atoms with Crippen molar-refractivity contribution in [3.63, 3.8) is 0 Å². The third kappa shape index (κ3) is 3.74. The zero-order chi connectivity index (χ0) is 17.9. The standard InChI is InChI=1S/C20H14ClN3OS/c21-14-5-3-4-13(12-14)19(25)22-15-8-10-16(11-9-15)26-20-23-17-6-1-2-7-18(17)24-20/h1-12H,(H,22,25)(H,23,24). The predicted molar refractivity (Wildman–Crippen MR) is 106 cm³/mol. The number of para-hydroxylation sites is 2. The molecule has 3 aromatic carbocycles. The van der Waals surface area contributed by atoms with E-state index in [1.807, 2.05) is 48.5 Å². The lowest BCUT2D eigenvalue weighted by Crippen LogP contribution is -2.11. The molecular weight excluding hydrogens is 366 g/mol. The Morgan fingerprint density at radius 1 is 1.00 bits per heavy atom. The molecule has 0 radical (unpaired) electrons. The van der Waals surface area contributed by atoms with Gasteiger partial charge in [-0.05, 0) is 54.6 Å². The maximum Gasteiger partial charge on any atom is 0.255 e. The van der Waals surface area contributed by atoms with Gasteiger partial charge >= 0.3 is 0 Å². The van der Waals surface area contributed by atoms with E-state index in [1.165, 1.54) is 0 Å². The molecule has 0 fully saturated rings. The van der Waals surface area contributed by atoms with E-state index < -0.39 is 0 Å². The van der Waals surface area contributed by atoms with Crippen molar-refractivity contribution in [2.75, 3.05) is 5.32 Å². The van der Waals surface area contributed by atoms with Crippen LogP contribution in [0, 0.1) is 0 Å². The van der Waals surface area contributed by atoms with Crippen molar-refractivity contribution >= 4 is 46.0 Å². The first-order chi connectivity index (χ1) is 12.7. The largest absolute Gasteiger partial charge is 0.333 e. The molecule has 0 aliphatic carbocycles. The van der Waals surface area contributed by atoms with Crippen molar-refractivity contribution in [3.05, 3.63) is 83.4 Å². The predicted octanol–water partition coefficient (Wildman–Crippen LogP) is 5.62. The van der Waals surface area contributed by atoms with Gasteiger partial charge in [0.2, 0.25) is 0 Å². The number of rotatable bonds is 4. The van der Waals surface area contributed by atoms with Crippen LogP contribution >= 0.6 is 23.4 Å². The summed E-state index contributed by atoms with van der Waals surface area (Å²) in [5, 5.41) is 4.24. The van der Waals surface area contributed by atoms with Crippen LogP contribution in [-0.4, -0.2) is 15.9 Å². The number of nitrogens with zero attached hydrogens (tertiary/aromatic N) is 1. The molecule has 128 valence electrons. The van der Waals surface area contributed by atoms with Crippen LogP contribution in [0.25, 0.3) is 11.0 Å². The van der Waals surface area contributed by atoms with Gasteiger partial charge in [0, 0.05) is 21.2 Å². The molecule has 6 heteroatoms. The average Bonchev–Trinajstić information content (AvgIpc) is 3.05. The van der Waals surface area contributed by atoms with Crippen molar-refractivity contribution in [1.82, 2.24) is 9.97 Å². The summed E-state index contributed by atoms with van der Waals surface area (Å²) in [7, 11) is 0. The second-order valence-corrected chi connectivity index (χ2v) is 7.15. The Bertz CT molecular complexity index is 1040. The van der Waals surface area contributed by atoms with E-state index in [0.29, 0.717) is 10.6 Å². The molecule has 0 spiro atoms. The van der Waals surface area contributed by atoms with E-state index >= 15 is 0 Å². The normalized spacial score (nSPS) is 10.8. The summed E-state index contributed by atoms with van der Waals surface area (Å²) in [6.45, 7) is 0. The zero-order valence-electron chi connectivity index (χ0n) is 13.6. The fourth-order valence-corrected chi connectivity index (χ4v) is 3.52. The number of halogens is 1. The fraction of sp³-hybridized carbons (Fsp3) is 0. The van der Waals surface area contributed by atoms with E-state index in [-0.39, 0.29) is 5.91 Å². The lowest BCUT2D eigenvalue weighted by atomic mass is 10.2. The lowest BCUT2D eigenvalue weighted by Gasteiger charge is -2.06. The van der Waals surface area contributed by atoms with Gasteiger partial charge in [-0.1, -0.05) is 41.6 Å². The molecule has 4 nitrogen and oxygen atoms in total. The van der Waals surface area contributed by atoms with Crippen LogP contribution in [0.2, 0.25) is 5.02 Å². The molecule has 1 heterocycles. The fourth-order valence-electron chi connectivity index (χ4n) is 2.53. The molecule has 26 heavy (non-hydrogen) atoms. The number of imidazole rings is 1. The second-order valence-electron chi connectivity index (χ2n) is 5.65. The number of hydrogen-bond donors (Lipinski definition) is 2. The molecule has 0 saturated heterocycles. The van der Waals surface area contributed by atoms with Gasteiger partial charge in [0.25, 0.3) is 5.91 Å². The zero-order valence-corrected chi connectivity index (χ0v) is 15.1. The summed E-state index contributed by atoms with van der Waals surface area (Å²) in [6.07, 6.45) is 0. The van der Waals surface area contributed by atoms with Crippen molar-refractivity contribution in [3.8, 4) is 0 Å². The smallest absolute Gasteiger partial charge is 0.255 e. The summed E-state index contributed by atoms with van der Waals surface area (Å²) in [6, 6.07) is 22.4. The first-order valence-corrected chi connectivity index (χ1v) is 9.16. The summed E-state index contributed by atoms with van der Waals surface area (Å²) in [5.74, 6) is -0.190. The van der Waals surface area contributed by atoms with Crippen LogP contribution in [0.15, 0.2) is 82.8 Å². The maximum absolute atomic E-state index is 12.3. The van der Waals surface area contributed by atoms with Gasteiger partial charge in [0.15, 0.2) is 5.16 Å². The molecule has 0 bridgehead atoms. The Morgan fingerprint density at radius 2 is 1.81 bits per heavy atom. The highest BCUT2D eigenvalue weighted by atomic mass is 35.5. The molecular formula is C20H14ClN3OS. The van der Waals surface area contributed by atoms with Gasteiger partial charge in [0.1, 0.15) is 0 Å². The number of amides is 1. The van der Waals surface area contributed by atoms with Gasteiger partial charge in [-0.3, -0.25) is 4.79 Å². The van der Waals surface area contributed by atoms with Crippen molar-refractivity contribution < 1.29 is 4.79 Å². The van der Waals surface area contributed by atoms with Crippen LogP contribution in [0.1, 0.15) is 10.4 Å². The van der Waals surface area contributed by atoms with E-state index in [4.69, 9.17) is 11.6 Å². The molecule has 1 aromatic heterocycles. The summed E-state index contributed by atoms with van der Waals surface area (Å²) in [4.78, 5) is 21.1. The Morgan fingerprint density at radius 3 is 2.58 bits per heavy atom. The minimum atomic E-state index is -0.190. The number of carbonyl (C=O) groups excluding carboxylic acids is 1. The van der Waals surface area contributed by atoms with Gasteiger partial charge in [-0.25, -0.2) is 4.98 Å². The topological polar surface area (TPSA) is 57.8 Å². The van der Waals surface area contributed by atoms with Crippen molar-refractivity contribution in [2.24, 2.45) is 0 Å². The number of aromatic amines is 1. The molecule has 1 amide bonds. The second kappa shape index (κ2) is 7.23. The maximum atomic E-state index is 12.3. The first-order valence-electron chi connectivity index (χ1n) is 7.97. The number of aromatic nitrogens is 2. The van der Waals surface area contributed by atoms with Crippen LogP contribution in [0.5, 0.6) is 0 Å². The first kappa shape index (κ1) is 16.7. The molecule has 0 unspecified atom stereocenters. The minimum absolute atomic E-state index is 0.190. The summed E-state index contributed by atoms with van der Waals surface area (Å²) < 4.78 is 0. The highest BCUT2D eigenvalue weighted by Gasteiger charge is 2.08. The van der Waals surface area contributed by atoms with Gasteiger partial charge in [-0.15, -0.1) is 0 Å². The van der Waals surface area contributed by atoms with Crippen molar-refractivity contribution in [1.29, 1.82) is 0 Å². The van der Waals surface area contributed by atoms with E-state index in [9.17, 15) is 4.79 Å². The third-order valence-electron chi connectivity index (χ3n) is 3.78. The number of carbonyl (C=O) groups is 1. The van der Waals surface area contributed by atoms with E-state index in [2.05, 4.69) is 15.3 Å². The molecule has 0 aliphatic rings. The number of nitrogens with one attached hydrogen (secondary N) is 2. The minimum Gasteiger partial charge on any atom is -0.333 e. The molecule has 0 atom stereocenters. The Kier molecular flexibility index (Phi) is 4.65. The Balaban J connectivity index is 1.45. The quantitative estimate of drug-likeness (QED) is 0.483. The highest BCUT2D eigenvalue weighted by molar-refractivity contribution is 7.99. The van der Waals surface area contributed by atoms with Crippen LogP contribution in [0.3, 0.4) is 0 Å². The molecule has 0 aliphatic heterocycles. The average molecular weight is 380 g/mol. The third-order valence-corrected chi connectivity index (χ3v) is 4.91. The van der Waals surface area contributed by atoms with Gasteiger partial charge < -0.3 is 10.3 Å². The monoisotopic (exact) mass is 379 g/mol. The number of fused-ring (bicyclic) bond motifs is 1. The van der Waals surface area contributed by atoms with E-state index in [1.54, 1.807) is 36.0 Å². The number of H-pyrrole nitrogens is 1. The van der Waals surface area contributed by atoms with Crippen LogP contribution < -0.4 is 5.32 Å².